The van der Waals surface area contributed by atoms with Crippen molar-refractivity contribution in [2.45, 2.75) is 53.9 Å². The number of sulfonamides is 1. The Morgan fingerprint density at radius 1 is 1.06 bits per heavy atom. The predicted octanol–water partition coefficient (Wildman–Crippen LogP) is 2.99. The normalized spacial score (nSPS) is 19.8. The molecule has 3 N–H and O–H groups in total. The first-order valence-electron chi connectivity index (χ1n) is 11.4. The second-order valence-electron chi connectivity index (χ2n) is 9.72. The van der Waals surface area contributed by atoms with Crippen molar-refractivity contribution in [1.29, 1.82) is 0 Å². The van der Waals surface area contributed by atoms with Gasteiger partial charge in [-0.1, -0.05) is 24.3 Å². The predicted molar refractivity (Wildman–Crippen MR) is 135 cm³/mol. The van der Waals surface area contributed by atoms with Gasteiger partial charge < -0.3 is 20.4 Å². The van der Waals surface area contributed by atoms with E-state index in [-0.39, 0.29) is 42.7 Å². The lowest BCUT2D eigenvalue weighted by atomic mass is 9.95. The fraction of sp³-hybridized carbons (Fsp3) is 0.500. The lowest BCUT2D eigenvalue weighted by Crippen LogP contribution is -2.60. The van der Waals surface area contributed by atoms with Crippen LogP contribution in [-0.4, -0.2) is 73.5 Å². The Labute approximate surface area is 215 Å². The quantitative estimate of drug-likeness (QED) is 0.380. The molecule has 0 aromatic heterocycles. The van der Waals surface area contributed by atoms with Gasteiger partial charge in [0.15, 0.2) is 5.60 Å². The monoisotopic (exact) mass is 547 g/mol. The smallest absolute Gasteiger partial charge is 0.394 e. The van der Waals surface area contributed by atoms with Crippen molar-refractivity contribution in [3.8, 4) is 0 Å². The Morgan fingerprint density at radius 3 is 2.22 bits per heavy atom. The summed E-state index contributed by atoms with van der Waals surface area (Å²) in [6, 6.07) is 11.5. The summed E-state index contributed by atoms with van der Waals surface area (Å²) in [7, 11) is -3.84. The van der Waals surface area contributed by atoms with Gasteiger partial charge >= 0.3 is 6.18 Å². The molecular weight excluding hydrogens is 515 g/mol. The van der Waals surface area contributed by atoms with Crippen LogP contribution in [0.15, 0.2) is 58.3 Å². The first-order valence-corrected chi connectivity index (χ1v) is 13.3. The van der Waals surface area contributed by atoms with Crippen LogP contribution in [0.4, 0.5) is 18.9 Å². The highest BCUT2D eigenvalue weighted by molar-refractivity contribution is 7.90. The third-order valence-corrected chi connectivity index (χ3v) is 8.92. The van der Waals surface area contributed by atoms with Crippen LogP contribution in [-0.2, 0) is 15.6 Å². The zero-order chi connectivity index (χ0) is 26.9. The van der Waals surface area contributed by atoms with E-state index in [1.807, 2.05) is 4.90 Å². The van der Waals surface area contributed by atoms with Gasteiger partial charge in [0.1, 0.15) is 0 Å². The highest BCUT2D eigenvalue weighted by atomic mass is 32.2. The van der Waals surface area contributed by atoms with Gasteiger partial charge in [-0.2, -0.15) is 17.5 Å². The molecule has 7 nitrogen and oxygen atoms in total. The highest BCUT2D eigenvalue weighted by Crippen LogP contribution is 2.39. The molecule has 0 aliphatic carbocycles. The molecule has 1 saturated heterocycles. The number of benzene rings is 2. The number of aliphatic hydroxyl groups is 2. The summed E-state index contributed by atoms with van der Waals surface area (Å²) >= 11 is 4.30. The third kappa shape index (κ3) is 6.00. The second kappa shape index (κ2) is 10.5. The number of nitrogens with zero attached hydrogens (tertiary/aromatic N) is 2. The van der Waals surface area contributed by atoms with Crippen molar-refractivity contribution in [2.75, 3.05) is 37.7 Å². The van der Waals surface area contributed by atoms with Crippen molar-refractivity contribution in [3.63, 3.8) is 0 Å². The molecule has 0 radical (unpaired) electrons. The lowest BCUT2D eigenvalue weighted by Gasteiger charge is -2.43. The summed E-state index contributed by atoms with van der Waals surface area (Å²) in [6.45, 7) is 5.04. The van der Waals surface area contributed by atoms with E-state index in [0.717, 1.165) is 0 Å². The first-order chi connectivity index (χ1) is 16.6. The number of halogens is 3. The molecule has 2 aromatic carbocycles. The number of nitrogens with one attached hydrogen (secondary N) is 1. The number of rotatable bonds is 8. The van der Waals surface area contributed by atoms with Crippen molar-refractivity contribution in [1.82, 2.24) is 9.62 Å². The molecule has 0 spiro atoms. The van der Waals surface area contributed by atoms with E-state index in [1.165, 1.54) is 34.6 Å². The molecular formula is C24H32F3N3O4S2. The van der Waals surface area contributed by atoms with E-state index >= 15 is 0 Å². The fourth-order valence-electron chi connectivity index (χ4n) is 3.97. The summed E-state index contributed by atoms with van der Waals surface area (Å²) < 4.78 is 67.9. The number of hydrogen-bond acceptors (Lipinski definition) is 7. The van der Waals surface area contributed by atoms with Crippen LogP contribution in [0.3, 0.4) is 0 Å². The van der Waals surface area contributed by atoms with Gasteiger partial charge in [0.25, 0.3) is 0 Å². The molecule has 1 fully saturated rings. The molecule has 200 valence electrons. The van der Waals surface area contributed by atoms with E-state index in [2.05, 4.69) is 17.9 Å². The van der Waals surface area contributed by atoms with Crippen LogP contribution >= 0.6 is 12.6 Å². The Bertz CT molecular complexity index is 1160. The topological polar surface area (TPSA) is 93.1 Å². The number of hydrogen-bond donors (Lipinski definition) is 4. The van der Waals surface area contributed by atoms with Gasteiger partial charge in [-0.3, -0.25) is 0 Å². The average molecular weight is 548 g/mol. The number of alkyl halides is 3. The van der Waals surface area contributed by atoms with Gasteiger partial charge in [-0.15, -0.1) is 12.6 Å². The van der Waals surface area contributed by atoms with Gasteiger partial charge in [0.05, 0.1) is 17.5 Å². The van der Waals surface area contributed by atoms with E-state index in [1.54, 1.807) is 32.0 Å². The summed E-state index contributed by atoms with van der Waals surface area (Å²) in [5.41, 5.74) is -3.32. The SMILES string of the molecule is CC(C)(CO)NC[C@H]1CN(S(=O)(=O)c2ccccc2S)CCN1c1ccc([C@](C)(O)C(F)(F)F)cc1. The molecule has 2 atom stereocenters. The molecule has 1 aliphatic rings. The molecule has 36 heavy (non-hydrogen) atoms. The standard InChI is InChI=1S/C24H32F3N3O4S2/c1-22(2,16-31)28-14-19-15-29(36(33,34)21-7-5-4-6-20(21)35)12-13-30(19)18-10-8-17(9-11-18)23(3,32)24(25,26)27/h4-11,19,28,31-32,35H,12-16H2,1-3H3/t19-,23-/m0/s1. The molecule has 0 saturated carbocycles. The van der Waals surface area contributed by atoms with Crippen LogP contribution in [0, 0.1) is 0 Å². The van der Waals surface area contributed by atoms with Crippen LogP contribution in [0.25, 0.3) is 0 Å². The zero-order valence-electron chi connectivity index (χ0n) is 20.3. The van der Waals surface area contributed by atoms with Crippen LogP contribution in [0.2, 0.25) is 0 Å². The van der Waals surface area contributed by atoms with Crippen LogP contribution in [0.1, 0.15) is 26.3 Å². The van der Waals surface area contributed by atoms with Crippen LogP contribution in [0.5, 0.6) is 0 Å². The van der Waals surface area contributed by atoms with E-state index in [0.29, 0.717) is 24.1 Å². The molecule has 3 rings (SSSR count). The average Bonchev–Trinajstić information content (AvgIpc) is 2.82. The van der Waals surface area contributed by atoms with E-state index < -0.39 is 27.3 Å². The van der Waals surface area contributed by atoms with Crippen LogP contribution < -0.4 is 10.2 Å². The third-order valence-electron chi connectivity index (χ3n) is 6.45. The van der Waals surface area contributed by atoms with Crippen molar-refractivity contribution in [2.24, 2.45) is 0 Å². The number of anilines is 1. The van der Waals surface area contributed by atoms with Crippen molar-refractivity contribution in [3.05, 3.63) is 54.1 Å². The maximum Gasteiger partial charge on any atom is 0.421 e. The maximum absolute atomic E-state index is 13.4. The molecule has 0 unspecified atom stereocenters. The highest BCUT2D eigenvalue weighted by Gasteiger charge is 2.51. The van der Waals surface area contributed by atoms with Crippen molar-refractivity contribution < 1.29 is 31.8 Å². The summed E-state index contributed by atoms with van der Waals surface area (Å²) in [5.74, 6) is 0. The zero-order valence-corrected chi connectivity index (χ0v) is 22.0. The molecule has 1 heterocycles. The fourth-order valence-corrected chi connectivity index (χ4v) is 6.02. The van der Waals surface area contributed by atoms with Gasteiger partial charge in [-0.05, 0) is 50.6 Å². The maximum atomic E-state index is 13.4. The largest absolute Gasteiger partial charge is 0.421 e. The number of thiol groups is 1. The minimum Gasteiger partial charge on any atom is -0.394 e. The van der Waals surface area contributed by atoms with Gasteiger partial charge in [0, 0.05) is 42.3 Å². The number of aliphatic hydroxyl groups excluding tert-OH is 1. The Hall–Kier alpha value is -1.83. The van der Waals surface area contributed by atoms with E-state index in [9.17, 15) is 31.8 Å². The number of piperazine rings is 1. The van der Waals surface area contributed by atoms with Gasteiger partial charge in [0.2, 0.25) is 10.0 Å². The summed E-state index contributed by atoms with van der Waals surface area (Å²) in [4.78, 5) is 2.36. The molecule has 12 heteroatoms. The summed E-state index contributed by atoms with van der Waals surface area (Å²) in [5, 5.41) is 22.9. The minimum atomic E-state index is -4.83. The van der Waals surface area contributed by atoms with Gasteiger partial charge in [-0.25, -0.2) is 8.42 Å². The summed E-state index contributed by atoms with van der Waals surface area (Å²) in [6.07, 6.45) is -4.83. The molecule has 1 aliphatic heterocycles. The molecule has 0 amide bonds. The first kappa shape index (κ1) is 28.7. The van der Waals surface area contributed by atoms with Crippen molar-refractivity contribution >= 4 is 28.3 Å². The molecule has 2 aromatic rings. The Balaban J connectivity index is 1.90. The van der Waals surface area contributed by atoms with E-state index in [4.69, 9.17) is 0 Å². The minimum absolute atomic E-state index is 0.0999. The Kier molecular flexibility index (Phi) is 8.38. The Morgan fingerprint density at radius 2 is 1.67 bits per heavy atom. The lowest BCUT2D eigenvalue weighted by molar-refractivity contribution is -0.258. The second-order valence-corrected chi connectivity index (χ2v) is 12.1. The molecule has 0 bridgehead atoms.